The predicted molar refractivity (Wildman–Crippen MR) is 82.4 cm³/mol. The van der Waals surface area contributed by atoms with E-state index < -0.39 is 0 Å². The molecule has 1 aromatic heterocycles. The molecule has 1 aromatic rings. The summed E-state index contributed by atoms with van der Waals surface area (Å²) in [6.07, 6.45) is 8.49. The molecule has 2 heterocycles. The second-order valence-electron chi connectivity index (χ2n) is 6.22. The molecule has 2 aliphatic rings. The zero-order chi connectivity index (χ0) is 14.0. The molecule has 0 amide bonds. The monoisotopic (exact) mass is 275 g/mol. The lowest BCUT2D eigenvalue weighted by molar-refractivity contribution is 0.239. The summed E-state index contributed by atoms with van der Waals surface area (Å²) in [6.45, 7) is 3.18. The van der Waals surface area contributed by atoms with Crippen LogP contribution in [0.1, 0.15) is 32.1 Å². The van der Waals surface area contributed by atoms with E-state index in [1.165, 1.54) is 32.1 Å². The number of hydrogen-bond donors (Lipinski definition) is 1. The van der Waals surface area contributed by atoms with Gasteiger partial charge in [-0.2, -0.15) is 4.98 Å². The van der Waals surface area contributed by atoms with E-state index >= 15 is 0 Å². The van der Waals surface area contributed by atoms with E-state index in [0.29, 0.717) is 0 Å². The van der Waals surface area contributed by atoms with Crippen LogP contribution in [0.2, 0.25) is 0 Å². The molecule has 1 saturated heterocycles. The second kappa shape index (κ2) is 5.56. The van der Waals surface area contributed by atoms with Crippen LogP contribution in [-0.2, 0) is 0 Å². The van der Waals surface area contributed by atoms with Crippen LogP contribution in [0.5, 0.6) is 0 Å². The molecule has 110 valence electrons. The van der Waals surface area contributed by atoms with E-state index in [9.17, 15) is 0 Å². The summed E-state index contributed by atoms with van der Waals surface area (Å²) in [5.74, 6) is 1.89. The minimum Gasteiger partial charge on any atom is -0.348 e. The van der Waals surface area contributed by atoms with Gasteiger partial charge in [0.2, 0.25) is 5.95 Å². The quantitative estimate of drug-likeness (QED) is 0.889. The summed E-state index contributed by atoms with van der Waals surface area (Å²) < 4.78 is 0. The highest BCUT2D eigenvalue weighted by Gasteiger charge is 2.40. The third-order valence-electron chi connectivity index (χ3n) is 4.63. The van der Waals surface area contributed by atoms with E-state index in [1.807, 2.05) is 25.2 Å². The average Bonchev–Trinajstić information content (AvgIpc) is 2.49. The van der Waals surface area contributed by atoms with Crippen molar-refractivity contribution in [1.82, 2.24) is 15.3 Å². The topological polar surface area (TPSA) is 44.3 Å². The van der Waals surface area contributed by atoms with Crippen molar-refractivity contribution in [2.75, 3.05) is 43.5 Å². The highest BCUT2D eigenvalue weighted by Crippen LogP contribution is 2.37. The highest BCUT2D eigenvalue weighted by molar-refractivity contribution is 5.47. The molecule has 1 spiro atoms. The Bertz CT molecular complexity index is 445. The maximum absolute atomic E-state index is 4.76. The number of hydrogen-bond acceptors (Lipinski definition) is 5. The zero-order valence-corrected chi connectivity index (χ0v) is 12.6. The Morgan fingerprint density at radius 2 is 2.05 bits per heavy atom. The Labute approximate surface area is 121 Å². The largest absolute Gasteiger partial charge is 0.348 e. The number of rotatable bonds is 2. The maximum Gasteiger partial charge on any atom is 0.226 e. The maximum atomic E-state index is 4.76. The van der Waals surface area contributed by atoms with E-state index in [0.717, 1.165) is 31.4 Å². The van der Waals surface area contributed by atoms with Crippen LogP contribution in [-0.4, -0.2) is 49.2 Å². The van der Waals surface area contributed by atoms with Crippen LogP contribution in [0.4, 0.5) is 11.8 Å². The lowest BCUT2D eigenvalue weighted by atomic mass is 9.79. The molecule has 5 heteroatoms. The standard InChI is InChI=1S/C15H25N5/c1-19(2)14-17-9-6-13(18-14)20-11-10-16-12-15(20)7-4-3-5-8-15/h6,9,16H,3-5,7-8,10-12H2,1-2H3. The van der Waals surface area contributed by atoms with Crippen molar-refractivity contribution >= 4 is 11.8 Å². The van der Waals surface area contributed by atoms with E-state index in [1.54, 1.807) is 0 Å². The van der Waals surface area contributed by atoms with Gasteiger partial charge in [0.15, 0.2) is 0 Å². The van der Waals surface area contributed by atoms with Crippen LogP contribution >= 0.6 is 0 Å². The summed E-state index contributed by atoms with van der Waals surface area (Å²) in [5.41, 5.74) is 0.272. The molecule has 1 aliphatic heterocycles. The third-order valence-corrected chi connectivity index (χ3v) is 4.63. The van der Waals surface area contributed by atoms with Gasteiger partial charge in [0.25, 0.3) is 0 Å². The first-order valence-corrected chi connectivity index (χ1v) is 7.70. The first-order chi connectivity index (χ1) is 9.71. The summed E-state index contributed by atoms with van der Waals surface area (Å²) in [4.78, 5) is 13.6. The minimum atomic E-state index is 0.272. The molecule has 0 atom stereocenters. The van der Waals surface area contributed by atoms with Crippen molar-refractivity contribution in [2.24, 2.45) is 0 Å². The van der Waals surface area contributed by atoms with Crippen molar-refractivity contribution in [3.63, 3.8) is 0 Å². The van der Waals surface area contributed by atoms with Gasteiger partial charge >= 0.3 is 0 Å². The van der Waals surface area contributed by atoms with Crippen molar-refractivity contribution < 1.29 is 0 Å². The van der Waals surface area contributed by atoms with Crippen LogP contribution < -0.4 is 15.1 Å². The molecule has 0 bridgehead atoms. The average molecular weight is 275 g/mol. The second-order valence-corrected chi connectivity index (χ2v) is 6.22. The van der Waals surface area contributed by atoms with E-state index in [-0.39, 0.29) is 5.54 Å². The van der Waals surface area contributed by atoms with E-state index in [2.05, 4.69) is 21.3 Å². The molecule has 0 radical (unpaired) electrons. The molecule has 5 nitrogen and oxygen atoms in total. The first kappa shape index (κ1) is 13.6. The molecule has 1 aliphatic carbocycles. The third kappa shape index (κ3) is 2.46. The van der Waals surface area contributed by atoms with Gasteiger partial charge in [-0.05, 0) is 18.9 Å². The minimum absolute atomic E-state index is 0.272. The lowest BCUT2D eigenvalue weighted by Gasteiger charge is -2.50. The number of piperazine rings is 1. The molecule has 2 fully saturated rings. The fraction of sp³-hybridized carbons (Fsp3) is 0.733. The van der Waals surface area contributed by atoms with Crippen LogP contribution in [0, 0.1) is 0 Å². The Hall–Kier alpha value is -1.36. The SMILES string of the molecule is CN(C)c1nccc(N2CCNCC23CCCCC3)n1. The fourth-order valence-corrected chi connectivity index (χ4v) is 3.56. The summed E-state index contributed by atoms with van der Waals surface area (Å²) >= 11 is 0. The predicted octanol–water partition coefficient (Wildman–Crippen LogP) is 1.66. The van der Waals surface area contributed by atoms with Gasteiger partial charge in [-0.15, -0.1) is 0 Å². The Kier molecular flexibility index (Phi) is 3.78. The molecular weight excluding hydrogens is 250 g/mol. The summed E-state index contributed by atoms with van der Waals surface area (Å²) in [6, 6.07) is 2.06. The van der Waals surface area contributed by atoms with Gasteiger partial charge in [-0.1, -0.05) is 19.3 Å². The molecule has 1 N–H and O–H groups in total. The molecular formula is C15H25N5. The van der Waals surface area contributed by atoms with Crippen LogP contribution in [0.3, 0.4) is 0 Å². The fourth-order valence-electron chi connectivity index (χ4n) is 3.56. The normalized spacial score (nSPS) is 22.0. The number of nitrogens with zero attached hydrogens (tertiary/aromatic N) is 4. The summed E-state index contributed by atoms with van der Waals surface area (Å²) in [5, 5.41) is 3.59. The van der Waals surface area contributed by atoms with Gasteiger partial charge in [-0.3, -0.25) is 0 Å². The van der Waals surface area contributed by atoms with Crippen molar-refractivity contribution in [3.05, 3.63) is 12.3 Å². The Balaban J connectivity index is 1.91. The molecule has 20 heavy (non-hydrogen) atoms. The van der Waals surface area contributed by atoms with Crippen molar-refractivity contribution in [3.8, 4) is 0 Å². The highest BCUT2D eigenvalue weighted by atomic mass is 15.3. The summed E-state index contributed by atoms with van der Waals surface area (Å²) in [7, 11) is 3.99. The van der Waals surface area contributed by atoms with Gasteiger partial charge in [0, 0.05) is 39.9 Å². The number of aromatic nitrogens is 2. The van der Waals surface area contributed by atoms with Crippen molar-refractivity contribution in [2.45, 2.75) is 37.6 Å². The van der Waals surface area contributed by atoms with Gasteiger partial charge in [-0.25, -0.2) is 4.98 Å². The molecule has 1 saturated carbocycles. The molecule has 0 aromatic carbocycles. The van der Waals surface area contributed by atoms with Crippen LogP contribution in [0.15, 0.2) is 12.3 Å². The Morgan fingerprint density at radius 3 is 2.80 bits per heavy atom. The van der Waals surface area contributed by atoms with Crippen molar-refractivity contribution in [1.29, 1.82) is 0 Å². The Morgan fingerprint density at radius 1 is 1.25 bits per heavy atom. The van der Waals surface area contributed by atoms with Gasteiger partial charge < -0.3 is 15.1 Å². The van der Waals surface area contributed by atoms with Crippen LogP contribution in [0.25, 0.3) is 0 Å². The molecule has 0 unspecified atom stereocenters. The van der Waals surface area contributed by atoms with Gasteiger partial charge in [0.1, 0.15) is 5.82 Å². The van der Waals surface area contributed by atoms with E-state index in [4.69, 9.17) is 4.98 Å². The smallest absolute Gasteiger partial charge is 0.226 e. The number of anilines is 2. The first-order valence-electron chi connectivity index (χ1n) is 7.70. The van der Waals surface area contributed by atoms with Gasteiger partial charge in [0.05, 0.1) is 5.54 Å². The molecule has 3 rings (SSSR count). The zero-order valence-electron chi connectivity index (χ0n) is 12.6. The number of nitrogens with one attached hydrogen (secondary N) is 1. The lowest BCUT2D eigenvalue weighted by Crippen LogP contribution is -2.62.